The van der Waals surface area contributed by atoms with Gasteiger partial charge in [-0.1, -0.05) is 24.1 Å². The van der Waals surface area contributed by atoms with Gasteiger partial charge in [0.05, 0.1) is 5.02 Å². The van der Waals surface area contributed by atoms with Crippen LogP contribution in [-0.4, -0.2) is 39.5 Å². The molecule has 0 saturated carbocycles. The van der Waals surface area contributed by atoms with Crippen molar-refractivity contribution in [1.29, 1.82) is 0 Å². The Balaban J connectivity index is 1.93. The van der Waals surface area contributed by atoms with E-state index in [2.05, 4.69) is 9.62 Å². The number of sulfonamides is 1. The minimum absolute atomic E-state index is 0.156. The largest absolute Gasteiger partial charge is 0.302 e. The third kappa shape index (κ3) is 4.19. The normalized spacial score (nSPS) is 17.3. The van der Waals surface area contributed by atoms with Gasteiger partial charge >= 0.3 is 0 Å². The average molecular weight is 317 g/mol. The van der Waals surface area contributed by atoms with Crippen molar-refractivity contribution in [2.75, 3.05) is 26.2 Å². The fourth-order valence-electron chi connectivity index (χ4n) is 2.42. The number of nitrogens with zero attached hydrogens (tertiary/aromatic N) is 1. The van der Waals surface area contributed by atoms with Gasteiger partial charge in [-0.25, -0.2) is 13.1 Å². The number of benzene rings is 1. The summed E-state index contributed by atoms with van der Waals surface area (Å²) in [5.74, 6) is 0. The lowest BCUT2D eigenvalue weighted by molar-refractivity contribution is 0.233. The monoisotopic (exact) mass is 316 g/mol. The number of rotatable bonds is 5. The lowest BCUT2D eigenvalue weighted by Crippen LogP contribution is -2.37. The van der Waals surface area contributed by atoms with Crippen LogP contribution in [0.25, 0.3) is 0 Å². The molecule has 0 spiro atoms. The van der Waals surface area contributed by atoms with E-state index in [0.29, 0.717) is 6.54 Å². The predicted octanol–water partition coefficient (Wildman–Crippen LogP) is 2.41. The Hall–Kier alpha value is -0.620. The van der Waals surface area contributed by atoms with Crippen LogP contribution in [0.3, 0.4) is 0 Å². The zero-order valence-electron chi connectivity index (χ0n) is 11.7. The molecule has 4 nitrogen and oxygen atoms in total. The summed E-state index contributed by atoms with van der Waals surface area (Å²) in [6.45, 7) is 5.18. The Kier molecular flexibility index (Phi) is 5.43. The highest BCUT2D eigenvalue weighted by atomic mass is 35.5. The first kappa shape index (κ1) is 15.8. The molecule has 1 aromatic carbocycles. The summed E-state index contributed by atoms with van der Waals surface area (Å²) in [6, 6.07) is 4.98. The van der Waals surface area contributed by atoms with E-state index in [9.17, 15) is 8.42 Å². The zero-order valence-corrected chi connectivity index (χ0v) is 13.3. The highest BCUT2D eigenvalue weighted by molar-refractivity contribution is 7.89. The van der Waals surface area contributed by atoms with Crippen molar-refractivity contribution >= 4 is 21.6 Å². The van der Waals surface area contributed by atoms with Crippen molar-refractivity contribution in [3.63, 3.8) is 0 Å². The van der Waals surface area contributed by atoms with Crippen LogP contribution in [0.4, 0.5) is 0 Å². The average Bonchev–Trinajstić information content (AvgIpc) is 2.39. The maximum Gasteiger partial charge on any atom is 0.242 e. The fraction of sp³-hybridized carbons (Fsp3) is 0.571. The van der Waals surface area contributed by atoms with Crippen LogP contribution in [-0.2, 0) is 10.0 Å². The van der Waals surface area contributed by atoms with E-state index in [4.69, 9.17) is 11.6 Å². The van der Waals surface area contributed by atoms with Gasteiger partial charge in [-0.05, 0) is 50.6 Å². The molecule has 0 aliphatic carbocycles. The summed E-state index contributed by atoms with van der Waals surface area (Å²) in [4.78, 5) is 2.45. The van der Waals surface area contributed by atoms with Crippen molar-refractivity contribution in [3.05, 3.63) is 28.8 Å². The van der Waals surface area contributed by atoms with Crippen molar-refractivity contribution < 1.29 is 8.42 Å². The van der Waals surface area contributed by atoms with Gasteiger partial charge in [0.1, 0.15) is 4.90 Å². The molecule has 1 N–H and O–H groups in total. The van der Waals surface area contributed by atoms with Crippen LogP contribution >= 0.6 is 11.6 Å². The third-order valence-electron chi connectivity index (χ3n) is 3.55. The third-order valence-corrected chi connectivity index (χ3v) is 5.49. The molecule has 1 heterocycles. The molecule has 1 aromatic rings. The van der Waals surface area contributed by atoms with Gasteiger partial charge in [0.25, 0.3) is 0 Å². The molecule has 0 radical (unpaired) electrons. The summed E-state index contributed by atoms with van der Waals surface area (Å²) in [5.41, 5.74) is 0.947. The van der Waals surface area contributed by atoms with Crippen LogP contribution in [0.2, 0.25) is 5.02 Å². The maximum absolute atomic E-state index is 12.2. The zero-order chi connectivity index (χ0) is 14.6. The molecule has 0 aromatic heterocycles. The second-order valence-electron chi connectivity index (χ2n) is 5.23. The molecule has 1 saturated heterocycles. The minimum atomic E-state index is -3.52. The fourth-order valence-corrected chi connectivity index (χ4v) is 4.04. The molecule has 0 unspecified atom stereocenters. The summed E-state index contributed by atoms with van der Waals surface area (Å²) < 4.78 is 27.0. The molecule has 1 aliphatic heterocycles. The smallest absolute Gasteiger partial charge is 0.242 e. The molecule has 6 heteroatoms. The van der Waals surface area contributed by atoms with Crippen LogP contribution in [0.15, 0.2) is 23.1 Å². The molecule has 2 rings (SSSR count). The van der Waals surface area contributed by atoms with Crippen molar-refractivity contribution in [3.8, 4) is 0 Å². The Morgan fingerprint density at radius 2 is 1.95 bits per heavy atom. The van der Waals surface area contributed by atoms with Crippen LogP contribution in [0.5, 0.6) is 0 Å². The van der Waals surface area contributed by atoms with Crippen LogP contribution in [0, 0.1) is 6.92 Å². The van der Waals surface area contributed by atoms with E-state index in [1.807, 2.05) is 6.92 Å². The first-order valence-corrected chi connectivity index (χ1v) is 8.83. The van der Waals surface area contributed by atoms with Crippen molar-refractivity contribution in [1.82, 2.24) is 9.62 Å². The predicted molar refractivity (Wildman–Crippen MR) is 81.7 cm³/mol. The number of halogens is 1. The molecule has 20 heavy (non-hydrogen) atoms. The highest BCUT2D eigenvalue weighted by Crippen LogP contribution is 2.22. The molecule has 1 fully saturated rings. The van der Waals surface area contributed by atoms with Gasteiger partial charge < -0.3 is 4.90 Å². The molecule has 0 bridgehead atoms. The number of likely N-dealkylation sites (tertiary alicyclic amines) is 1. The van der Waals surface area contributed by atoms with E-state index < -0.39 is 10.0 Å². The first-order chi connectivity index (χ1) is 9.49. The van der Waals surface area contributed by atoms with Crippen LogP contribution in [0.1, 0.15) is 24.8 Å². The first-order valence-electron chi connectivity index (χ1n) is 6.97. The minimum Gasteiger partial charge on any atom is -0.302 e. The topological polar surface area (TPSA) is 49.4 Å². The van der Waals surface area contributed by atoms with Crippen molar-refractivity contribution in [2.24, 2.45) is 0 Å². The summed E-state index contributed by atoms with van der Waals surface area (Å²) in [5, 5.41) is 0.274. The number of nitrogens with one attached hydrogen (secondary N) is 1. The quantitative estimate of drug-likeness (QED) is 0.907. The Morgan fingerprint density at radius 3 is 2.60 bits per heavy atom. The number of hydrogen-bond acceptors (Lipinski definition) is 3. The lowest BCUT2D eigenvalue weighted by Gasteiger charge is -2.26. The Labute approximate surface area is 126 Å². The van der Waals surface area contributed by atoms with E-state index in [1.165, 1.54) is 19.3 Å². The van der Waals surface area contributed by atoms with Crippen molar-refractivity contribution in [2.45, 2.75) is 31.1 Å². The summed E-state index contributed by atoms with van der Waals surface area (Å²) in [6.07, 6.45) is 3.69. The standard InChI is InChI=1S/C14H21ClN2O2S/c1-12-5-6-14(13(15)11-12)20(18,19)16-7-10-17-8-3-2-4-9-17/h5-6,11,16H,2-4,7-10H2,1H3. The van der Waals surface area contributed by atoms with E-state index in [0.717, 1.165) is 25.2 Å². The van der Waals surface area contributed by atoms with Gasteiger partial charge in [0.2, 0.25) is 10.0 Å². The maximum atomic E-state index is 12.2. The molecular weight excluding hydrogens is 296 g/mol. The number of piperidine rings is 1. The van der Waals surface area contributed by atoms with Crippen LogP contribution < -0.4 is 4.72 Å². The highest BCUT2D eigenvalue weighted by Gasteiger charge is 2.18. The van der Waals surface area contributed by atoms with Gasteiger partial charge in [0, 0.05) is 13.1 Å². The molecular formula is C14H21ClN2O2S. The van der Waals surface area contributed by atoms with E-state index >= 15 is 0 Å². The SMILES string of the molecule is Cc1ccc(S(=O)(=O)NCCN2CCCCC2)c(Cl)c1. The van der Waals surface area contributed by atoms with Gasteiger partial charge in [-0.2, -0.15) is 0 Å². The summed E-state index contributed by atoms with van der Waals surface area (Å²) >= 11 is 6.01. The molecule has 0 amide bonds. The second-order valence-corrected chi connectivity index (χ2v) is 7.38. The van der Waals surface area contributed by atoms with E-state index in [1.54, 1.807) is 18.2 Å². The molecule has 0 atom stereocenters. The number of hydrogen-bond donors (Lipinski definition) is 1. The second kappa shape index (κ2) is 6.89. The lowest BCUT2D eigenvalue weighted by atomic mass is 10.1. The number of aryl methyl sites for hydroxylation is 1. The molecule has 112 valence electrons. The molecule has 1 aliphatic rings. The Bertz CT molecular complexity index is 554. The van der Waals surface area contributed by atoms with Gasteiger partial charge in [-0.15, -0.1) is 0 Å². The van der Waals surface area contributed by atoms with Gasteiger partial charge in [-0.3, -0.25) is 0 Å². The Morgan fingerprint density at radius 1 is 1.25 bits per heavy atom. The van der Waals surface area contributed by atoms with E-state index in [-0.39, 0.29) is 9.92 Å². The van der Waals surface area contributed by atoms with Gasteiger partial charge in [0.15, 0.2) is 0 Å². The summed E-state index contributed by atoms with van der Waals surface area (Å²) in [7, 11) is -3.52.